The van der Waals surface area contributed by atoms with Gasteiger partial charge in [0.2, 0.25) is 0 Å². The summed E-state index contributed by atoms with van der Waals surface area (Å²) in [5, 5.41) is 9.59. The molecule has 0 saturated carbocycles. The van der Waals surface area contributed by atoms with Crippen molar-refractivity contribution in [1.29, 1.82) is 0 Å². The predicted octanol–water partition coefficient (Wildman–Crippen LogP) is 8.99. The average molecular weight is 413 g/mol. The van der Waals surface area contributed by atoms with Crippen molar-refractivity contribution in [3.63, 3.8) is 0 Å². The molecule has 2 nitrogen and oxygen atoms in total. The maximum atomic E-state index is 9.59. The highest BCUT2D eigenvalue weighted by Gasteiger charge is 2.01. The summed E-state index contributed by atoms with van der Waals surface area (Å²) in [6.45, 7) is 5.73. The highest BCUT2D eigenvalue weighted by atomic mass is 16.5. The van der Waals surface area contributed by atoms with Gasteiger partial charge in [0, 0.05) is 6.61 Å². The summed E-state index contributed by atoms with van der Waals surface area (Å²) >= 11 is 0. The first kappa shape index (κ1) is 28.9. The number of unbranched alkanes of at least 4 members (excludes halogenated alkanes) is 19. The maximum absolute atomic E-state index is 9.59. The molecule has 0 aliphatic heterocycles. The minimum absolute atomic E-state index is 0.259. The van der Waals surface area contributed by atoms with Crippen molar-refractivity contribution in [2.24, 2.45) is 0 Å². The highest BCUT2D eigenvalue weighted by Crippen LogP contribution is 2.14. The number of hydrogen-bond acceptors (Lipinski definition) is 2. The summed E-state index contributed by atoms with van der Waals surface area (Å²) in [6.07, 6.45) is 30.0. The second-order valence-corrected chi connectivity index (χ2v) is 9.23. The topological polar surface area (TPSA) is 29.5 Å². The van der Waals surface area contributed by atoms with Crippen LogP contribution in [0.4, 0.5) is 0 Å². The second kappa shape index (κ2) is 26.0. The van der Waals surface area contributed by atoms with Crippen molar-refractivity contribution in [3.8, 4) is 0 Å². The Morgan fingerprint density at radius 3 is 1.17 bits per heavy atom. The molecule has 0 aliphatic rings. The normalized spacial score (nSPS) is 12.5. The fourth-order valence-electron chi connectivity index (χ4n) is 4.10. The van der Waals surface area contributed by atoms with Crippen LogP contribution in [-0.4, -0.2) is 24.4 Å². The van der Waals surface area contributed by atoms with E-state index in [0.717, 1.165) is 25.9 Å². The molecule has 2 heteroatoms. The molecule has 0 radical (unpaired) electrons. The molecule has 1 unspecified atom stereocenters. The van der Waals surface area contributed by atoms with Gasteiger partial charge in [-0.3, -0.25) is 0 Å². The molecule has 0 spiro atoms. The largest absolute Gasteiger partial charge is 0.391 e. The van der Waals surface area contributed by atoms with Crippen LogP contribution in [0.2, 0.25) is 0 Å². The molecular weight excluding hydrogens is 356 g/mol. The summed E-state index contributed by atoms with van der Waals surface area (Å²) in [5.41, 5.74) is 0. The van der Waals surface area contributed by atoms with Crippen LogP contribution in [0, 0.1) is 0 Å². The van der Waals surface area contributed by atoms with Crippen LogP contribution in [0.5, 0.6) is 0 Å². The molecule has 176 valence electrons. The van der Waals surface area contributed by atoms with Crippen molar-refractivity contribution in [1.82, 2.24) is 0 Å². The molecule has 0 bridgehead atoms. The SMILES string of the molecule is CCCCCCCCCCCCCCCCCCCCCCOCC(O)CCC. The zero-order chi connectivity index (χ0) is 21.3. The Kier molecular flexibility index (Phi) is 25.9. The zero-order valence-electron chi connectivity index (χ0n) is 20.4. The van der Waals surface area contributed by atoms with Crippen molar-refractivity contribution in [2.75, 3.05) is 13.2 Å². The fraction of sp³-hybridized carbons (Fsp3) is 1.00. The van der Waals surface area contributed by atoms with Crippen molar-refractivity contribution < 1.29 is 9.84 Å². The fourth-order valence-corrected chi connectivity index (χ4v) is 4.10. The Hall–Kier alpha value is -0.0800. The Balaban J connectivity index is 3.02. The second-order valence-electron chi connectivity index (χ2n) is 9.23. The minimum atomic E-state index is -0.259. The first-order chi connectivity index (χ1) is 14.3. The lowest BCUT2D eigenvalue weighted by Gasteiger charge is -2.09. The van der Waals surface area contributed by atoms with Gasteiger partial charge in [-0.15, -0.1) is 0 Å². The van der Waals surface area contributed by atoms with Crippen molar-refractivity contribution in [2.45, 2.75) is 161 Å². The molecule has 29 heavy (non-hydrogen) atoms. The van der Waals surface area contributed by atoms with E-state index >= 15 is 0 Å². The quantitative estimate of drug-likeness (QED) is 0.152. The summed E-state index contributed by atoms with van der Waals surface area (Å²) in [7, 11) is 0. The van der Waals surface area contributed by atoms with Crippen LogP contribution >= 0.6 is 0 Å². The van der Waals surface area contributed by atoms with Gasteiger partial charge in [0.25, 0.3) is 0 Å². The number of hydrogen-bond donors (Lipinski definition) is 1. The van der Waals surface area contributed by atoms with Gasteiger partial charge in [0.05, 0.1) is 12.7 Å². The summed E-state index contributed by atoms with van der Waals surface area (Å²) < 4.78 is 5.53. The molecule has 0 fully saturated rings. The van der Waals surface area contributed by atoms with Gasteiger partial charge >= 0.3 is 0 Å². The number of ether oxygens (including phenoxy) is 1. The lowest BCUT2D eigenvalue weighted by molar-refractivity contribution is 0.0307. The van der Waals surface area contributed by atoms with Gasteiger partial charge in [0.15, 0.2) is 0 Å². The predicted molar refractivity (Wildman–Crippen MR) is 130 cm³/mol. The van der Waals surface area contributed by atoms with Gasteiger partial charge < -0.3 is 9.84 Å². The van der Waals surface area contributed by atoms with E-state index in [1.165, 1.54) is 122 Å². The van der Waals surface area contributed by atoms with E-state index in [9.17, 15) is 5.11 Å². The number of rotatable bonds is 25. The van der Waals surface area contributed by atoms with Gasteiger partial charge in [-0.2, -0.15) is 0 Å². The molecule has 0 rings (SSSR count). The van der Waals surface area contributed by atoms with E-state index in [-0.39, 0.29) is 6.10 Å². The van der Waals surface area contributed by atoms with E-state index in [1.54, 1.807) is 0 Å². The Morgan fingerprint density at radius 2 is 0.828 bits per heavy atom. The van der Waals surface area contributed by atoms with Crippen LogP contribution in [-0.2, 0) is 4.74 Å². The van der Waals surface area contributed by atoms with Crippen molar-refractivity contribution >= 4 is 0 Å². The zero-order valence-corrected chi connectivity index (χ0v) is 20.4. The summed E-state index contributed by atoms with van der Waals surface area (Å²) in [5.74, 6) is 0. The first-order valence-corrected chi connectivity index (χ1v) is 13.6. The van der Waals surface area contributed by atoms with Gasteiger partial charge in [-0.25, -0.2) is 0 Å². The van der Waals surface area contributed by atoms with Crippen LogP contribution in [0.15, 0.2) is 0 Å². The third kappa shape index (κ3) is 25.9. The van der Waals surface area contributed by atoms with Crippen molar-refractivity contribution in [3.05, 3.63) is 0 Å². The van der Waals surface area contributed by atoms with E-state index in [1.807, 2.05) is 0 Å². The average Bonchev–Trinajstić information content (AvgIpc) is 2.72. The van der Waals surface area contributed by atoms with E-state index in [0.29, 0.717) is 6.61 Å². The van der Waals surface area contributed by atoms with Crippen LogP contribution in [0.25, 0.3) is 0 Å². The first-order valence-electron chi connectivity index (χ1n) is 13.6. The maximum Gasteiger partial charge on any atom is 0.0773 e. The van der Waals surface area contributed by atoms with Crippen LogP contribution in [0.1, 0.15) is 155 Å². The number of aliphatic hydroxyl groups excluding tert-OH is 1. The van der Waals surface area contributed by atoms with Gasteiger partial charge in [-0.1, -0.05) is 142 Å². The van der Waals surface area contributed by atoms with E-state index in [4.69, 9.17) is 4.74 Å². The molecule has 0 amide bonds. The molecule has 0 aliphatic carbocycles. The van der Waals surface area contributed by atoms with E-state index < -0.39 is 0 Å². The standard InChI is InChI=1S/C27H56O2/c1-3-5-6-7-8-9-10-11-12-13-14-15-16-17-18-19-20-21-22-23-25-29-26-27(28)24-4-2/h27-28H,3-26H2,1-2H3. The Morgan fingerprint density at radius 1 is 0.483 bits per heavy atom. The van der Waals surface area contributed by atoms with E-state index in [2.05, 4.69) is 13.8 Å². The van der Waals surface area contributed by atoms with Gasteiger partial charge in [0.1, 0.15) is 0 Å². The molecule has 0 aromatic carbocycles. The Bertz CT molecular complexity index is 280. The molecule has 0 saturated heterocycles. The Labute approximate surface area is 184 Å². The third-order valence-electron chi connectivity index (χ3n) is 6.07. The lowest BCUT2D eigenvalue weighted by atomic mass is 10.0. The van der Waals surface area contributed by atoms with Gasteiger partial charge in [-0.05, 0) is 12.8 Å². The van der Waals surface area contributed by atoms with Crippen LogP contribution < -0.4 is 0 Å². The molecule has 0 aromatic rings. The summed E-state index contributed by atoms with van der Waals surface area (Å²) in [6, 6.07) is 0. The smallest absolute Gasteiger partial charge is 0.0773 e. The lowest BCUT2D eigenvalue weighted by Crippen LogP contribution is -2.15. The molecule has 1 N–H and O–H groups in total. The molecule has 0 heterocycles. The molecule has 0 aromatic heterocycles. The summed E-state index contributed by atoms with van der Waals surface area (Å²) in [4.78, 5) is 0. The molecular formula is C27H56O2. The monoisotopic (exact) mass is 412 g/mol. The molecule has 1 atom stereocenters. The highest BCUT2D eigenvalue weighted by molar-refractivity contribution is 4.53. The minimum Gasteiger partial charge on any atom is -0.391 e. The van der Waals surface area contributed by atoms with Crippen LogP contribution in [0.3, 0.4) is 0 Å². The number of aliphatic hydroxyl groups is 1. The third-order valence-corrected chi connectivity index (χ3v) is 6.07.